The Morgan fingerprint density at radius 1 is 1.44 bits per heavy atom. The molecule has 102 valence electrons. The van der Waals surface area contributed by atoms with Crippen molar-refractivity contribution in [2.24, 2.45) is 0 Å². The van der Waals surface area contributed by atoms with Gasteiger partial charge in [0, 0.05) is 13.6 Å². The lowest BCUT2D eigenvalue weighted by atomic mass is 10.2. The Morgan fingerprint density at radius 3 is 2.56 bits per heavy atom. The fourth-order valence-corrected chi connectivity index (χ4v) is 3.23. The van der Waals surface area contributed by atoms with Gasteiger partial charge in [0.15, 0.2) is 0 Å². The van der Waals surface area contributed by atoms with Crippen LogP contribution in [0.4, 0.5) is 0 Å². The molecule has 1 atom stereocenters. The number of halogens is 1. The van der Waals surface area contributed by atoms with Crippen LogP contribution in [0.5, 0.6) is 0 Å². The van der Waals surface area contributed by atoms with E-state index in [0.717, 1.165) is 5.56 Å². The minimum atomic E-state index is -3.59. The summed E-state index contributed by atoms with van der Waals surface area (Å²) < 4.78 is 25.7. The predicted molar refractivity (Wildman–Crippen MR) is 72.3 cm³/mol. The number of aliphatic hydroxyl groups is 1. The van der Waals surface area contributed by atoms with Gasteiger partial charge in [0.2, 0.25) is 10.0 Å². The molecule has 0 aliphatic carbocycles. The molecule has 0 fully saturated rings. The molecular weight excluding hydrogens is 274 g/mol. The lowest BCUT2D eigenvalue weighted by molar-refractivity contribution is 0.177. The van der Waals surface area contributed by atoms with Crippen LogP contribution in [-0.4, -0.2) is 37.5 Å². The lowest BCUT2D eigenvalue weighted by Gasteiger charge is -2.18. The van der Waals surface area contributed by atoms with Gasteiger partial charge in [0.05, 0.1) is 11.1 Å². The van der Waals surface area contributed by atoms with E-state index in [1.54, 1.807) is 19.1 Å². The number of benzene rings is 1. The Balaban J connectivity index is 2.98. The van der Waals surface area contributed by atoms with E-state index in [1.807, 2.05) is 6.92 Å². The zero-order chi connectivity index (χ0) is 13.9. The second-order valence-corrected chi connectivity index (χ2v) is 6.82. The van der Waals surface area contributed by atoms with Gasteiger partial charge in [-0.2, -0.15) is 0 Å². The van der Waals surface area contributed by atoms with Crippen LogP contribution in [0.3, 0.4) is 0 Å². The van der Waals surface area contributed by atoms with Crippen molar-refractivity contribution >= 4 is 21.6 Å². The number of aryl methyl sites for hydroxylation is 1. The first-order chi connectivity index (χ1) is 8.25. The number of rotatable bonds is 5. The molecule has 4 nitrogen and oxygen atoms in total. The van der Waals surface area contributed by atoms with Crippen molar-refractivity contribution in [2.45, 2.75) is 31.3 Å². The first-order valence-electron chi connectivity index (χ1n) is 5.65. The van der Waals surface area contributed by atoms with Gasteiger partial charge in [-0.25, -0.2) is 12.7 Å². The van der Waals surface area contributed by atoms with E-state index >= 15 is 0 Å². The number of nitrogens with zero attached hydrogens (tertiary/aromatic N) is 1. The Bertz CT molecular complexity index is 514. The highest BCUT2D eigenvalue weighted by atomic mass is 35.5. The zero-order valence-corrected chi connectivity index (χ0v) is 12.3. The number of sulfonamides is 1. The molecule has 0 aliphatic heterocycles. The van der Waals surface area contributed by atoms with E-state index in [1.165, 1.54) is 17.4 Å². The highest BCUT2D eigenvalue weighted by Gasteiger charge is 2.23. The van der Waals surface area contributed by atoms with Crippen LogP contribution in [0.1, 0.15) is 18.9 Å². The van der Waals surface area contributed by atoms with Crippen molar-refractivity contribution in [3.8, 4) is 0 Å². The van der Waals surface area contributed by atoms with Crippen LogP contribution in [-0.2, 0) is 10.0 Å². The Morgan fingerprint density at radius 2 is 2.06 bits per heavy atom. The summed E-state index contributed by atoms with van der Waals surface area (Å²) in [4.78, 5) is 0.0999. The number of aliphatic hydroxyl groups excluding tert-OH is 1. The Labute approximate surface area is 113 Å². The second kappa shape index (κ2) is 6.02. The summed E-state index contributed by atoms with van der Waals surface area (Å²) in [5, 5.41) is 9.40. The molecule has 0 heterocycles. The van der Waals surface area contributed by atoms with Gasteiger partial charge in [0.1, 0.15) is 4.90 Å². The molecule has 0 aromatic heterocycles. The Hall–Kier alpha value is -0.620. The van der Waals surface area contributed by atoms with Crippen molar-refractivity contribution in [2.75, 3.05) is 13.6 Å². The van der Waals surface area contributed by atoms with Crippen molar-refractivity contribution in [1.29, 1.82) is 0 Å². The number of hydrogen-bond donors (Lipinski definition) is 1. The van der Waals surface area contributed by atoms with Crippen LogP contribution >= 0.6 is 11.6 Å². The molecule has 18 heavy (non-hydrogen) atoms. The molecule has 1 N–H and O–H groups in total. The zero-order valence-electron chi connectivity index (χ0n) is 10.7. The third-order valence-electron chi connectivity index (χ3n) is 2.64. The average molecular weight is 292 g/mol. The van der Waals surface area contributed by atoms with E-state index in [9.17, 15) is 13.5 Å². The third-order valence-corrected chi connectivity index (χ3v) is 4.98. The summed E-state index contributed by atoms with van der Waals surface area (Å²) in [7, 11) is -2.11. The van der Waals surface area contributed by atoms with Crippen LogP contribution in [0.2, 0.25) is 5.02 Å². The van der Waals surface area contributed by atoms with E-state index < -0.39 is 16.1 Å². The fourth-order valence-electron chi connectivity index (χ4n) is 1.47. The summed E-state index contributed by atoms with van der Waals surface area (Å²) in [5.41, 5.74) is 0.908. The van der Waals surface area contributed by atoms with Crippen molar-refractivity contribution < 1.29 is 13.5 Å². The highest BCUT2D eigenvalue weighted by Crippen LogP contribution is 2.25. The van der Waals surface area contributed by atoms with Crippen molar-refractivity contribution in [3.63, 3.8) is 0 Å². The van der Waals surface area contributed by atoms with Crippen LogP contribution in [0.25, 0.3) is 0 Å². The first kappa shape index (κ1) is 15.4. The van der Waals surface area contributed by atoms with Gasteiger partial charge in [-0.1, -0.05) is 17.7 Å². The molecule has 1 aromatic carbocycles. The van der Waals surface area contributed by atoms with E-state index in [-0.39, 0.29) is 16.5 Å². The number of hydrogen-bond acceptors (Lipinski definition) is 3. The molecule has 1 rings (SSSR count). The monoisotopic (exact) mass is 291 g/mol. The minimum Gasteiger partial charge on any atom is -0.393 e. The van der Waals surface area contributed by atoms with Crippen LogP contribution < -0.4 is 0 Å². The molecule has 0 radical (unpaired) electrons. The normalized spacial score (nSPS) is 13.9. The summed E-state index contributed by atoms with van der Waals surface area (Å²) in [6, 6.07) is 4.84. The largest absolute Gasteiger partial charge is 0.393 e. The smallest absolute Gasteiger partial charge is 0.244 e. The highest BCUT2D eigenvalue weighted by molar-refractivity contribution is 7.89. The molecule has 0 amide bonds. The van der Waals surface area contributed by atoms with Gasteiger partial charge < -0.3 is 5.11 Å². The summed E-state index contributed by atoms with van der Waals surface area (Å²) in [6.07, 6.45) is -0.143. The molecule has 0 bridgehead atoms. The maximum absolute atomic E-state index is 12.2. The van der Waals surface area contributed by atoms with E-state index in [4.69, 9.17) is 11.6 Å². The van der Waals surface area contributed by atoms with Crippen LogP contribution in [0, 0.1) is 6.92 Å². The third kappa shape index (κ3) is 3.68. The van der Waals surface area contributed by atoms with E-state index in [0.29, 0.717) is 6.42 Å². The Kier molecular flexibility index (Phi) is 5.16. The van der Waals surface area contributed by atoms with Gasteiger partial charge in [-0.3, -0.25) is 0 Å². The van der Waals surface area contributed by atoms with Crippen molar-refractivity contribution in [3.05, 3.63) is 28.8 Å². The minimum absolute atomic E-state index is 0.0999. The first-order valence-corrected chi connectivity index (χ1v) is 7.47. The van der Waals surface area contributed by atoms with Crippen molar-refractivity contribution in [1.82, 2.24) is 4.31 Å². The standard InChI is InChI=1S/C12H18ClNO3S/c1-9-4-5-12(11(13)8-9)18(16,17)14(3)7-6-10(2)15/h4-5,8,10,15H,6-7H2,1-3H3. The maximum Gasteiger partial charge on any atom is 0.244 e. The van der Waals surface area contributed by atoms with Gasteiger partial charge in [-0.05, 0) is 38.0 Å². The van der Waals surface area contributed by atoms with Gasteiger partial charge >= 0.3 is 0 Å². The maximum atomic E-state index is 12.2. The summed E-state index contributed by atoms with van der Waals surface area (Å²) >= 11 is 5.97. The van der Waals surface area contributed by atoms with Crippen LogP contribution in [0.15, 0.2) is 23.1 Å². The van der Waals surface area contributed by atoms with Gasteiger partial charge in [-0.15, -0.1) is 0 Å². The van der Waals surface area contributed by atoms with Gasteiger partial charge in [0.25, 0.3) is 0 Å². The molecule has 0 aliphatic rings. The molecule has 0 spiro atoms. The molecule has 0 saturated heterocycles. The van der Waals surface area contributed by atoms with E-state index in [2.05, 4.69) is 0 Å². The quantitative estimate of drug-likeness (QED) is 0.903. The molecular formula is C12H18ClNO3S. The second-order valence-electron chi connectivity index (χ2n) is 4.40. The predicted octanol–water partition coefficient (Wildman–Crippen LogP) is 2.04. The molecule has 0 saturated carbocycles. The average Bonchev–Trinajstić information content (AvgIpc) is 2.24. The lowest BCUT2D eigenvalue weighted by Crippen LogP contribution is -2.29. The summed E-state index contributed by atoms with van der Waals surface area (Å²) in [6.45, 7) is 3.73. The summed E-state index contributed by atoms with van der Waals surface area (Å²) in [5.74, 6) is 0. The topological polar surface area (TPSA) is 57.6 Å². The SMILES string of the molecule is Cc1ccc(S(=O)(=O)N(C)CCC(C)O)c(Cl)c1. The molecule has 1 aromatic rings. The molecule has 1 unspecified atom stereocenters. The fraction of sp³-hybridized carbons (Fsp3) is 0.500. The molecule has 6 heteroatoms.